The fourth-order valence-corrected chi connectivity index (χ4v) is 8.71. The van der Waals surface area contributed by atoms with Crippen LogP contribution in [0.15, 0.2) is 0 Å². The summed E-state index contributed by atoms with van der Waals surface area (Å²) >= 11 is 0. The second-order valence-corrected chi connectivity index (χ2v) is 10.6. The SMILES string of the molecule is CCOC1(OC)CCC2C3CCC4CC5(CCC4(C=O)C3CCC21C)OCCO5. The van der Waals surface area contributed by atoms with E-state index in [-0.39, 0.29) is 10.8 Å². The molecule has 0 radical (unpaired) electrons. The highest BCUT2D eigenvalue weighted by atomic mass is 16.7. The topological polar surface area (TPSA) is 54.0 Å². The van der Waals surface area contributed by atoms with E-state index >= 15 is 0 Å². The van der Waals surface area contributed by atoms with Gasteiger partial charge in [-0.3, -0.25) is 0 Å². The Bertz CT molecular complexity index is 645. The molecule has 1 aliphatic heterocycles. The van der Waals surface area contributed by atoms with Crippen molar-refractivity contribution in [2.75, 3.05) is 26.9 Å². The summed E-state index contributed by atoms with van der Waals surface area (Å²) < 4.78 is 24.5. The van der Waals surface area contributed by atoms with Crippen molar-refractivity contribution in [2.45, 2.75) is 83.2 Å². The molecule has 0 amide bonds. The molecule has 29 heavy (non-hydrogen) atoms. The van der Waals surface area contributed by atoms with Gasteiger partial charge in [0.2, 0.25) is 0 Å². The smallest absolute Gasteiger partial charge is 0.173 e. The molecule has 1 saturated heterocycles. The predicted molar refractivity (Wildman–Crippen MR) is 108 cm³/mol. The molecule has 164 valence electrons. The highest BCUT2D eigenvalue weighted by Crippen LogP contribution is 2.69. The number of carbonyl (C=O) groups is 1. The van der Waals surface area contributed by atoms with Gasteiger partial charge < -0.3 is 23.7 Å². The molecule has 0 aromatic carbocycles. The van der Waals surface area contributed by atoms with Crippen LogP contribution in [0.2, 0.25) is 0 Å². The van der Waals surface area contributed by atoms with E-state index in [0.29, 0.717) is 43.5 Å². The highest BCUT2D eigenvalue weighted by molar-refractivity contribution is 5.62. The van der Waals surface area contributed by atoms with Gasteiger partial charge in [-0.05, 0) is 69.1 Å². The molecule has 7 unspecified atom stereocenters. The van der Waals surface area contributed by atoms with Crippen LogP contribution in [0, 0.1) is 34.5 Å². The van der Waals surface area contributed by atoms with Crippen LogP contribution in [-0.2, 0) is 23.7 Å². The Morgan fingerprint density at radius 1 is 1.00 bits per heavy atom. The van der Waals surface area contributed by atoms with Crippen LogP contribution < -0.4 is 0 Å². The van der Waals surface area contributed by atoms with Crippen molar-refractivity contribution in [3.8, 4) is 0 Å². The summed E-state index contributed by atoms with van der Waals surface area (Å²) in [5.74, 6) is 1.22. The van der Waals surface area contributed by atoms with Crippen LogP contribution in [0.25, 0.3) is 0 Å². The van der Waals surface area contributed by atoms with Crippen LogP contribution in [0.4, 0.5) is 0 Å². The van der Waals surface area contributed by atoms with Crippen LogP contribution >= 0.6 is 0 Å². The maximum atomic E-state index is 12.7. The van der Waals surface area contributed by atoms with E-state index in [0.717, 1.165) is 51.4 Å². The Morgan fingerprint density at radius 2 is 1.76 bits per heavy atom. The first kappa shape index (κ1) is 20.4. The lowest BCUT2D eigenvalue weighted by molar-refractivity contribution is -0.292. The minimum atomic E-state index is -0.454. The Kier molecular flexibility index (Phi) is 4.94. The van der Waals surface area contributed by atoms with Crippen LogP contribution in [0.1, 0.15) is 71.6 Å². The maximum Gasteiger partial charge on any atom is 0.173 e. The third-order valence-corrected chi connectivity index (χ3v) is 10.0. The Labute approximate surface area is 175 Å². The Balaban J connectivity index is 1.43. The second-order valence-electron chi connectivity index (χ2n) is 10.6. The summed E-state index contributed by atoms with van der Waals surface area (Å²) in [5, 5.41) is 0. The molecule has 5 heteroatoms. The lowest BCUT2D eigenvalue weighted by atomic mass is 9.44. The predicted octanol–water partition coefficient (Wildman–Crippen LogP) is 4.33. The monoisotopic (exact) mass is 406 g/mol. The van der Waals surface area contributed by atoms with Crippen molar-refractivity contribution in [3.05, 3.63) is 0 Å². The van der Waals surface area contributed by atoms with Gasteiger partial charge in [-0.2, -0.15) is 0 Å². The fraction of sp³-hybridized carbons (Fsp3) is 0.958. The van der Waals surface area contributed by atoms with Crippen LogP contribution in [0.3, 0.4) is 0 Å². The molecule has 0 N–H and O–H groups in total. The van der Waals surface area contributed by atoms with E-state index in [9.17, 15) is 4.79 Å². The molecule has 5 nitrogen and oxygen atoms in total. The largest absolute Gasteiger partial charge is 0.353 e. The van der Waals surface area contributed by atoms with E-state index in [1.807, 2.05) is 7.11 Å². The zero-order valence-corrected chi connectivity index (χ0v) is 18.4. The Hall–Kier alpha value is -0.490. The highest BCUT2D eigenvalue weighted by Gasteiger charge is 2.67. The molecule has 7 atom stereocenters. The van der Waals surface area contributed by atoms with Crippen molar-refractivity contribution in [3.63, 3.8) is 0 Å². The quantitative estimate of drug-likeness (QED) is 0.514. The normalized spacial score (nSPS) is 50.7. The third-order valence-electron chi connectivity index (χ3n) is 10.0. The molecule has 0 aromatic heterocycles. The summed E-state index contributed by atoms with van der Waals surface area (Å²) in [4.78, 5) is 12.7. The van der Waals surface area contributed by atoms with Crippen LogP contribution in [-0.4, -0.2) is 44.8 Å². The van der Waals surface area contributed by atoms with E-state index < -0.39 is 11.6 Å². The number of hydrogen-bond donors (Lipinski definition) is 0. The van der Waals surface area contributed by atoms with Gasteiger partial charge in [-0.1, -0.05) is 6.92 Å². The van der Waals surface area contributed by atoms with Gasteiger partial charge in [0, 0.05) is 43.8 Å². The summed E-state index contributed by atoms with van der Waals surface area (Å²) in [6.45, 7) is 6.55. The lowest BCUT2D eigenvalue weighted by Crippen LogP contribution is -2.60. The third kappa shape index (κ3) is 2.63. The Morgan fingerprint density at radius 3 is 2.45 bits per heavy atom. The lowest BCUT2D eigenvalue weighted by Gasteiger charge is -2.61. The standard InChI is InChI=1S/C24H38O5/c1-4-27-24(26-3)10-8-19-18-6-5-17-15-23(28-13-14-29-23)12-11-22(17,16-25)20(18)7-9-21(19,24)2/h16-20H,4-15H2,1-3H3. The van der Waals surface area contributed by atoms with Gasteiger partial charge in [-0.25, -0.2) is 0 Å². The molecule has 0 bridgehead atoms. The molecule has 1 heterocycles. The van der Waals surface area contributed by atoms with Crippen molar-refractivity contribution in [2.24, 2.45) is 34.5 Å². The number of hydrogen-bond acceptors (Lipinski definition) is 5. The molecule has 0 aromatic rings. The minimum Gasteiger partial charge on any atom is -0.353 e. The first-order valence-corrected chi connectivity index (χ1v) is 11.9. The molecule has 5 aliphatic rings. The molecular formula is C24H38O5. The molecule has 4 aliphatic carbocycles. The average molecular weight is 407 g/mol. The molecule has 5 rings (SSSR count). The number of aldehydes is 1. The van der Waals surface area contributed by atoms with Gasteiger partial charge >= 0.3 is 0 Å². The van der Waals surface area contributed by atoms with E-state index in [1.165, 1.54) is 12.7 Å². The van der Waals surface area contributed by atoms with Crippen LogP contribution in [0.5, 0.6) is 0 Å². The minimum absolute atomic E-state index is 0.0450. The summed E-state index contributed by atoms with van der Waals surface area (Å²) in [5.41, 5.74) is -0.141. The fourth-order valence-electron chi connectivity index (χ4n) is 8.71. The van der Waals surface area contributed by atoms with E-state index in [1.54, 1.807) is 0 Å². The van der Waals surface area contributed by atoms with Crippen molar-refractivity contribution in [1.82, 2.24) is 0 Å². The van der Waals surface area contributed by atoms with Gasteiger partial charge in [-0.15, -0.1) is 0 Å². The van der Waals surface area contributed by atoms with Crippen molar-refractivity contribution in [1.29, 1.82) is 0 Å². The first-order valence-electron chi connectivity index (χ1n) is 11.9. The summed E-state index contributed by atoms with van der Waals surface area (Å²) in [7, 11) is 1.82. The second kappa shape index (κ2) is 7.01. The average Bonchev–Trinajstić information content (AvgIpc) is 3.31. The van der Waals surface area contributed by atoms with Crippen molar-refractivity contribution < 1.29 is 23.7 Å². The number of rotatable bonds is 4. The zero-order valence-electron chi connectivity index (χ0n) is 18.4. The van der Waals surface area contributed by atoms with Gasteiger partial charge in [0.15, 0.2) is 11.6 Å². The number of methoxy groups -OCH3 is 1. The maximum absolute atomic E-state index is 12.7. The molecule has 5 fully saturated rings. The number of carbonyl (C=O) groups excluding carboxylic acids is 1. The molecule has 1 spiro atoms. The van der Waals surface area contributed by atoms with Gasteiger partial charge in [0.1, 0.15) is 6.29 Å². The summed E-state index contributed by atoms with van der Waals surface area (Å²) in [6, 6.07) is 0. The number of fused-ring (bicyclic) bond motifs is 5. The van der Waals surface area contributed by atoms with Gasteiger partial charge in [0.05, 0.1) is 13.2 Å². The zero-order chi connectivity index (χ0) is 20.3. The van der Waals surface area contributed by atoms with E-state index in [4.69, 9.17) is 18.9 Å². The molecular weight excluding hydrogens is 368 g/mol. The summed E-state index contributed by atoms with van der Waals surface area (Å²) in [6.07, 6.45) is 10.7. The molecule has 4 saturated carbocycles. The van der Waals surface area contributed by atoms with Gasteiger partial charge in [0.25, 0.3) is 0 Å². The number of ether oxygens (including phenoxy) is 4. The van der Waals surface area contributed by atoms with E-state index in [2.05, 4.69) is 13.8 Å². The van der Waals surface area contributed by atoms with Crippen molar-refractivity contribution >= 4 is 6.29 Å². The first-order chi connectivity index (χ1) is 14.0.